The molecule has 6 nitrogen and oxygen atoms in total. The summed E-state index contributed by atoms with van der Waals surface area (Å²) in [5.41, 5.74) is 0.0512. The minimum atomic E-state index is -1.05. The summed E-state index contributed by atoms with van der Waals surface area (Å²) in [5, 5.41) is -1.07. The van der Waals surface area contributed by atoms with Crippen LogP contribution in [0, 0.1) is 5.13 Å². The Morgan fingerprint density at radius 2 is 2.12 bits per heavy atom. The summed E-state index contributed by atoms with van der Waals surface area (Å²) in [5.74, 6) is -1.61. The molecule has 24 heavy (non-hydrogen) atoms. The highest BCUT2D eigenvalue weighted by Crippen LogP contribution is 2.41. The van der Waals surface area contributed by atoms with E-state index < -0.39 is 28.8 Å². The van der Waals surface area contributed by atoms with Gasteiger partial charge in [0.25, 0.3) is 0 Å². The van der Waals surface area contributed by atoms with Crippen LogP contribution >= 0.6 is 22.9 Å². The van der Waals surface area contributed by atoms with Gasteiger partial charge in [0.05, 0.1) is 11.4 Å². The number of nitrogens with zero attached hydrogens (tertiary/aromatic N) is 1. The Balaban J connectivity index is 2.34. The van der Waals surface area contributed by atoms with Gasteiger partial charge >= 0.3 is 18.0 Å². The number of ether oxygens (including phenoxy) is 2. The number of hydrogen-bond donors (Lipinski definition) is 0. The van der Waals surface area contributed by atoms with Crippen LogP contribution in [0.1, 0.15) is 18.7 Å². The predicted molar refractivity (Wildman–Crippen MR) is 86.5 cm³/mol. The molecule has 0 radical (unpaired) electrons. The number of carbonyl (C=O) groups excluding carboxylic acids is 3. The Kier molecular flexibility index (Phi) is 5.40. The summed E-state index contributed by atoms with van der Waals surface area (Å²) in [6.45, 7) is 6.58. The van der Waals surface area contributed by atoms with Crippen LogP contribution in [0.2, 0.25) is 5.02 Å². The third kappa shape index (κ3) is 3.34. The monoisotopic (exact) mass is 373 g/mol. The average Bonchev–Trinajstić information content (AvgIpc) is 2.94. The molecule has 1 fully saturated rings. The summed E-state index contributed by atoms with van der Waals surface area (Å²) < 4.78 is 23.9. The Labute approximate surface area is 146 Å². The molecule has 0 unspecified atom stereocenters. The maximum Gasteiger partial charge on any atom is 0.427 e. The van der Waals surface area contributed by atoms with Crippen molar-refractivity contribution < 1.29 is 28.2 Å². The van der Waals surface area contributed by atoms with Crippen LogP contribution in [0.5, 0.6) is 0 Å². The first-order valence-electron chi connectivity index (χ1n) is 6.74. The van der Waals surface area contributed by atoms with E-state index in [2.05, 4.69) is 6.58 Å². The van der Waals surface area contributed by atoms with E-state index in [1.54, 1.807) is 13.8 Å². The van der Waals surface area contributed by atoms with Crippen LogP contribution in [0.4, 0.5) is 14.9 Å². The molecule has 1 aliphatic heterocycles. The van der Waals surface area contributed by atoms with Crippen LogP contribution in [0.25, 0.3) is 0 Å². The van der Waals surface area contributed by atoms with E-state index in [1.807, 2.05) is 0 Å². The Hall–Kier alpha value is -2.19. The van der Waals surface area contributed by atoms with Crippen LogP contribution in [-0.2, 0) is 25.5 Å². The van der Waals surface area contributed by atoms with Crippen molar-refractivity contribution >= 4 is 46.6 Å². The van der Waals surface area contributed by atoms with Crippen molar-refractivity contribution in [3.05, 3.63) is 39.0 Å². The van der Waals surface area contributed by atoms with E-state index >= 15 is 0 Å². The van der Waals surface area contributed by atoms with E-state index in [0.717, 1.165) is 0 Å². The number of imide groups is 1. The fourth-order valence-electron chi connectivity index (χ4n) is 1.92. The zero-order valence-electron chi connectivity index (χ0n) is 12.9. The number of allylic oxidation sites excluding steroid dienone is 1. The fraction of sp³-hybridized carbons (Fsp3) is 0.267. The summed E-state index contributed by atoms with van der Waals surface area (Å²) in [7, 11) is 0. The molecule has 1 aromatic rings. The van der Waals surface area contributed by atoms with Crippen LogP contribution in [-0.4, -0.2) is 24.6 Å². The number of rotatable bonds is 5. The van der Waals surface area contributed by atoms with Crippen molar-refractivity contribution in [3.8, 4) is 0 Å². The highest BCUT2D eigenvalue weighted by Gasteiger charge is 2.42. The number of cyclic esters (lactones) is 1. The minimum Gasteiger partial charge on any atom is -0.461 e. The number of anilines is 1. The van der Waals surface area contributed by atoms with E-state index in [9.17, 15) is 18.8 Å². The van der Waals surface area contributed by atoms with Gasteiger partial charge < -0.3 is 9.47 Å². The molecule has 0 N–H and O–H groups in total. The molecule has 2 heterocycles. The Morgan fingerprint density at radius 3 is 2.67 bits per heavy atom. The number of halogens is 2. The molecule has 128 valence electrons. The molecule has 0 atom stereocenters. The molecule has 2 rings (SSSR count). The van der Waals surface area contributed by atoms with E-state index in [4.69, 9.17) is 21.1 Å². The van der Waals surface area contributed by atoms with Crippen LogP contribution in [0.3, 0.4) is 0 Å². The molecule has 2 amide bonds. The molecular weight excluding hydrogens is 361 g/mol. The lowest BCUT2D eigenvalue weighted by Gasteiger charge is -2.09. The summed E-state index contributed by atoms with van der Waals surface area (Å²) >= 11 is 6.63. The highest BCUT2D eigenvalue weighted by atomic mass is 35.5. The normalized spacial score (nSPS) is 14.0. The van der Waals surface area contributed by atoms with Gasteiger partial charge in [-0.25, -0.2) is 9.69 Å². The molecule has 0 bridgehead atoms. The number of thiophene rings is 1. The maximum atomic E-state index is 14.2. The van der Waals surface area contributed by atoms with Crippen LogP contribution < -0.4 is 4.90 Å². The SMILES string of the molecule is C=CCOC(=O)Cc1sc(F)c(N2C(=O)OC(=C(C)C)C2=O)c1Cl. The standard InChI is InChI=1S/C15H13ClFNO5S/c1-4-5-22-9(19)6-8-10(16)11(13(17)24-8)18-14(20)12(7(2)3)23-15(18)21/h4H,1,5-6H2,2-3H3. The van der Waals surface area contributed by atoms with Gasteiger partial charge in [-0.15, -0.1) is 11.3 Å². The van der Waals surface area contributed by atoms with Gasteiger partial charge in [-0.2, -0.15) is 4.39 Å². The van der Waals surface area contributed by atoms with E-state index in [1.165, 1.54) is 6.08 Å². The molecule has 0 saturated carbocycles. The zero-order chi connectivity index (χ0) is 18.0. The van der Waals surface area contributed by atoms with Crippen molar-refractivity contribution in [1.82, 2.24) is 0 Å². The van der Waals surface area contributed by atoms with Gasteiger partial charge in [0.1, 0.15) is 12.3 Å². The van der Waals surface area contributed by atoms with Crippen molar-refractivity contribution in [2.75, 3.05) is 11.5 Å². The predicted octanol–water partition coefficient (Wildman–Crippen LogP) is 3.59. The van der Waals surface area contributed by atoms with Crippen molar-refractivity contribution in [3.63, 3.8) is 0 Å². The molecule has 0 aliphatic carbocycles. The largest absolute Gasteiger partial charge is 0.461 e. The molecule has 1 aliphatic rings. The third-order valence-corrected chi connectivity index (χ3v) is 4.45. The summed E-state index contributed by atoms with van der Waals surface area (Å²) in [6.07, 6.45) is 0.0521. The molecule has 1 aromatic heterocycles. The molecule has 0 aromatic carbocycles. The quantitative estimate of drug-likeness (QED) is 0.448. The molecule has 1 saturated heterocycles. The van der Waals surface area contributed by atoms with Gasteiger partial charge in [-0.3, -0.25) is 9.59 Å². The fourth-order valence-corrected chi connectivity index (χ4v) is 3.21. The third-order valence-electron chi connectivity index (χ3n) is 2.97. The first-order chi connectivity index (χ1) is 11.3. The lowest BCUT2D eigenvalue weighted by atomic mass is 10.2. The van der Waals surface area contributed by atoms with E-state index in [-0.39, 0.29) is 28.7 Å². The first kappa shape index (κ1) is 18.2. The lowest BCUT2D eigenvalue weighted by Crippen LogP contribution is -2.29. The topological polar surface area (TPSA) is 72.9 Å². The number of carbonyl (C=O) groups is 3. The second kappa shape index (κ2) is 7.14. The summed E-state index contributed by atoms with van der Waals surface area (Å²) in [6, 6.07) is 0. The molecule has 0 spiro atoms. The Morgan fingerprint density at radius 1 is 1.46 bits per heavy atom. The van der Waals surface area contributed by atoms with Gasteiger partial charge in [-0.1, -0.05) is 24.3 Å². The summed E-state index contributed by atoms with van der Waals surface area (Å²) in [4.78, 5) is 36.4. The van der Waals surface area contributed by atoms with Crippen molar-refractivity contribution in [2.24, 2.45) is 0 Å². The smallest absolute Gasteiger partial charge is 0.427 e. The zero-order valence-corrected chi connectivity index (χ0v) is 14.4. The van der Waals surface area contributed by atoms with Gasteiger partial charge in [0.2, 0.25) is 5.13 Å². The maximum absolute atomic E-state index is 14.2. The molecule has 9 heteroatoms. The number of hydrogen-bond acceptors (Lipinski definition) is 6. The molecular formula is C15H13ClFNO5S. The first-order valence-corrected chi connectivity index (χ1v) is 7.94. The minimum absolute atomic E-state index is 0.0119. The van der Waals surface area contributed by atoms with Crippen molar-refractivity contribution in [1.29, 1.82) is 0 Å². The van der Waals surface area contributed by atoms with Gasteiger partial charge in [0.15, 0.2) is 5.76 Å². The number of esters is 1. The van der Waals surface area contributed by atoms with Crippen LogP contribution in [0.15, 0.2) is 24.0 Å². The average molecular weight is 374 g/mol. The highest BCUT2D eigenvalue weighted by molar-refractivity contribution is 7.11. The lowest BCUT2D eigenvalue weighted by molar-refractivity contribution is -0.141. The van der Waals surface area contributed by atoms with Gasteiger partial charge in [-0.05, 0) is 19.4 Å². The van der Waals surface area contributed by atoms with E-state index in [0.29, 0.717) is 21.8 Å². The second-order valence-electron chi connectivity index (χ2n) is 4.95. The Bertz CT molecular complexity index is 766. The second-order valence-corrected chi connectivity index (χ2v) is 6.38. The van der Waals surface area contributed by atoms with Gasteiger partial charge in [0, 0.05) is 4.88 Å². The number of amides is 2. The van der Waals surface area contributed by atoms with Crippen molar-refractivity contribution in [2.45, 2.75) is 20.3 Å².